The van der Waals surface area contributed by atoms with Crippen LogP contribution >= 0.6 is 0 Å². The minimum absolute atomic E-state index is 0.00105. The van der Waals surface area contributed by atoms with E-state index in [0.29, 0.717) is 17.5 Å². The number of pyridine rings is 1. The smallest absolute Gasteiger partial charge is 0.258 e. The number of hydrogen-bond donors (Lipinski definition) is 1. The van der Waals surface area contributed by atoms with Gasteiger partial charge in [0.2, 0.25) is 5.95 Å². The van der Waals surface area contributed by atoms with Crippen LogP contribution in [0.1, 0.15) is 23.7 Å². The molecule has 144 valence electrons. The molecule has 0 saturated heterocycles. The van der Waals surface area contributed by atoms with Crippen LogP contribution in [0.2, 0.25) is 0 Å². The predicted octanol–water partition coefficient (Wildman–Crippen LogP) is 4.12. The molecule has 2 aromatic carbocycles. The fourth-order valence-corrected chi connectivity index (χ4v) is 3.18. The van der Waals surface area contributed by atoms with Gasteiger partial charge in [-0.2, -0.15) is 0 Å². The number of benzene rings is 2. The van der Waals surface area contributed by atoms with Gasteiger partial charge < -0.3 is 4.57 Å². The molecule has 0 atom stereocenters. The summed E-state index contributed by atoms with van der Waals surface area (Å²) in [5, 5.41) is 4.25. The molecule has 1 amide bonds. The van der Waals surface area contributed by atoms with Crippen molar-refractivity contribution in [1.29, 1.82) is 0 Å². The first-order valence-electron chi connectivity index (χ1n) is 9.48. The highest BCUT2D eigenvalue weighted by atomic mass is 16.1. The van der Waals surface area contributed by atoms with E-state index in [2.05, 4.69) is 15.3 Å². The molecule has 4 aromatic rings. The van der Waals surface area contributed by atoms with Gasteiger partial charge in [-0.05, 0) is 41.6 Å². The minimum atomic E-state index is -0.263. The predicted molar refractivity (Wildman–Crippen MR) is 114 cm³/mol. The van der Waals surface area contributed by atoms with Gasteiger partial charge in [-0.3, -0.25) is 14.9 Å². The van der Waals surface area contributed by atoms with E-state index in [0.717, 1.165) is 22.9 Å². The van der Waals surface area contributed by atoms with Crippen molar-refractivity contribution in [2.75, 3.05) is 5.32 Å². The van der Waals surface area contributed by atoms with E-state index >= 15 is 0 Å². The molecule has 0 unspecified atom stereocenters. The normalized spacial score (nSPS) is 10.8. The van der Waals surface area contributed by atoms with Crippen molar-refractivity contribution < 1.29 is 4.79 Å². The summed E-state index contributed by atoms with van der Waals surface area (Å²) in [6.07, 6.45) is 6.01. The summed E-state index contributed by atoms with van der Waals surface area (Å²) in [6.45, 7) is 2.74. The van der Waals surface area contributed by atoms with E-state index in [4.69, 9.17) is 0 Å². The lowest BCUT2D eigenvalue weighted by atomic mass is 10.0. The van der Waals surface area contributed by atoms with Gasteiger partial charge in [-0.25, -0.2) is 9.97 Å². The highest BCUT2D eigenvalue weighted by Crippen LogP contribution is 2.22. The topological polar surface area (TPSA) is 76.9 Å². The van der Waals surface area contributed by atoms with E-state index in [1.165, 1.54) is 0 Å². The second-order valence-corrected chi connectivity index (χ2v) is 6.73. The molecule has 0 aliphatic rings. The molecule has 29 heavy (non-hydrogen) atoms. The molecule has 2 aromatic heterocycles. The average Bonchev–Trinajstić information content (AvgIpc) is 2.77. The standard InChI is InChI=1S/C23H20N4O2/c1-2-11-27-12-10-16-8-9-18(13-20(16)22(27)29)19-14-24-23(25-15-19)26-21(28)17-6-4-3-5-7-17/h3-10,12-15H,2,11H2,1H3,(H,24,25,26,28). The third-order valence-electron chi connectivity index (χ3n) is 4.69. The van der Waals surface area contributed by atoms with Crippen LogP contribution in [0.4, 0.5) is 5.95 Å². The molecule has 6 nitrogen and oxygen atoms in total. The number of hydrogen-bond acceptors (Lipinski definition) is 4. The Hall–Kier alpha value is -3.80. The number of aromatic nitrogens is 3. The zero-order chi connectivity index (χ0) is 20.2. The lowest BCUT2D eigenvalue weighted by Crippen LogP contribution is -2.19. The van der Waals surface area contributed by atoms with Crippen LogP contribution in [0.5, 0.6) is 0 Å². The van der Waals surface area contributed by atoms with Gasteiger partial charge >= 0.3 is 0 Å². The number of carbonyl (C=O) groups excluding carboxylic acids is 1. The molecule has 0 aliphatic carbocycles. The van der Waals surface area contributed by atoms with Crippen molar-refractivity contribution >= 4 is 22.6 Å². The monoisotopic (exact) mass is 384 g/mol. The maximum atomic E-state index is 12.7. The lowest BCUT2D eigenvalue weighted by molar-refractivity contribution is 0.102. The summed E-state index contributed by atoms with van der Waals surface area (Å²) in [5.41, 5.74) is 2.16. The quantitative estimate of drug-likeness (QED) is 0.561. The van der Waals surface area contributed by atoms with Crippen molar-refractivity contribution in [3.8, 4) is 11.1 Å². The molecule has 0 fully saturated rings. The summed E-state index contributed by atoms with van der Waals surface area (Å²) >= 11 is 0. The fourth-order valence-electron chi connectivity index (χ4n) is 3.18. The van der Waals surface area contributed by atoms with Crippen molar-refractivity contribution in [1.82, 2.24) is 14.5 Å². The molecule has 6 heteroatoms. The first-order chi connectivity index (χ1) is 14.2. The van der Waals surface area contributed by atoms with Crippen LogP contribution in [0.3, 0.4) is 0 Å². The van der Waals surface area contributed by atoms with Gasteiger partial charge in [0.25, 0.3) is 11.5 Å². The molecule has 0 radical (unpaired) electrons. The van der Waals surface area contributed by atoms with Gasteiger partial charge in [0.1, 0.15) is 0 Å². The first-order valence-corrected chi connectivity index (χ1v) is 9.48. The molecular weight excluding hydrogens is 364 g/mol. The Kier molecular flexibility index (Phi) is 5.16. The molecule has 0 bridgehead atoms. The number of amides is 1. The minimum Gasteiger partial charge on any atom is -0.315 e. The van der Waals surface area contributed by atoms with Gasteiger partial charge in [-0.15, -0.1) is 0 Å². The van der Waals surface area contributed by atoms with E-state index in [1.807, 2.05) is 43.5 Å². The summed E-state index contributed by atoms with van der Waals surface area (Å²) in [5.74, 6) is -0.0331. The number of carbonyl (C=O) groups is 1. The molecule has 2 heterocycles. The van der Waals surface area contributed by atoms with Crippen molar-refractivity contribution in [2.45, 2.75) is 19.9 Å². The van der Waals surface area contributed by atoms with E-state index in [1.54, 1.807) is 41.2 Å². The van der Waals surface area contributed by atoms with Crippen LogP contribution in [0.25, 0.3) is 21.9 Å². The van der Waals surface area contributed by atoms with Crippen molar-refractivity contribution in [3.63, 3.8) is 0 Å². The van der Waals surface area contributed by atoms with E-state index in [-0.39, 0.29) is 17.4 Å². The first kappa shape index (κ1) is 18.6. The molecule has 4 rings (SSSR count). The second-order valence-electron chi connectivity index (χ2n) is 6.73. The zero-order valence-electron chi connectivity index (χ0n) is 16.0. The summed E-state index contributed by atoms with van der Waals surface area (Å²) < 4.78 is 1.73. The number of anilines is 1. The molecule has 0 saturated carbocycles. The largest absolute Gasteiger partial charge is 0.315 e. The SMILES string of the molecule is CCCn1ccc2ccc(-c3cnc(NC(=O)c4ccccc4)nc3)cc2c1=O. The van der Waals surface area contributed by atoms with Crippen LogP contribution < -0.4 is 10.9 Å². The second kappa shape index (κ2) is 8.06. The van der Waals surface area contributed by atoms with Crippen molar-refractivity contribution in [2.24, 2.45) is 0 Å². The summed E-state index contributed by atoms with van der Waals surface area (Å²) in [4.78, 5) is 33.4. The maximum Gasteiger partial charge on any atom is 0.258 e. The Morgan fingerprint density at radius 2 is 1.76 bits per heavy atom. The Labute approximate surface area is 167 Å². The summed E-state index contributed by atoms with van der Waals surface area (Å²) in [7, 11) is 0. The van der Waals surface area contributed by atoms with Gasteiger partial charge in [0.15, 0.2) is 0 Å². The Bertz CT molecular complexity index is 1220. The fraction of sp³-hybridized carbons (Fsp3) is 0.130. The van der Waals surface area contributed by atoms with Crippen LogP contribution in [-0.4, -0.2) is 20.4 Å². The maximum absolute atomic E-state index is 12.7. The number of fused-ring (bicyclic) bond motifs is 1. The van der Waals surface area contributed by atoms with Crippen LogP contribution in [-0.2, 0) is 6.54 Å². The Balaban J connectivity index is 1.60. The number of nitrogens with one attached hydrogen (secondary N) is 1. The molecular formula is C23H20N4O2. The Morgan fingerprint density at radius 1 is 1.00 bits per heavy atom. The molecule has 0 spiro atoms. The zero-order valence-corrected chi connectivity index (χ0v) is 16.0. The lowest BCUT2D eigenvalue weighted by Gasteiger charge is -2.08. The third kappa shape index (κ3) is 3.91. The van der Waals surface area contributed by atoms with Crippen molar-refractivity contribution in [3.05, 3.63) is 89.1 Å². The third-order valence-corrected chi connectivity index (χ3v) is 4.69. The van der Waals surface area contributed by atoms with Gasteiger partial charge in [0, 0.05) is 41.6 Å². The van der Waals surface area contributed by atoms with Gasteiger partial charge in [0.05, 0.1) is 0 Å². The van der Waals surface area contributed by atoms with Crippen LogP contribution in [0, 0.1) is 0 Å². The molecule has 0 aliphatic heterocycles. The summed E-state index contributed by atoms with van der Waals surface area (Å²) in [6, 6.07) is 16.6. The number of rotatable bonds is 5. The number of nitrogens with zero attached hydrogens (tertiary/aromatic N) is 3. The van der Waals surface area contributed by atoms with Crippen LogP contribution in [0.15, 0.2) is 78.0 Å². The van der Waals surface area contributed by atoms with E-state index in [9.17, 15) is 9.59 Å². The highest BCUT2D eigenvalue weighted by molar-refractivity contribution is 6.03. The van der Waals surface area contributed by atoms with E-state index < -0.39 is 0 Å². The molecule has 1 N–H and O–H groups in total. The highest BCUT2D eigenvalue weighted by Gasteiger charge is 2.09. The average molecular weight is 384 g/mol. The van der Waals surface area contributed by atoms with Gasteiger partial charge in [-0.1, -0.05) is 37.3 Å². The Morgan fingerprint density at radius 3 is 2.48 bits per heavy atom. The number of aryl methyl sites for hydroxylation is 1.